The zero-order chi connectivity index (χ0) is 16.1. The summed E-state index contributed by atoms with van der Waals surface area (Å²) in [5.41, 5.74) is -1.57. The molecule has 0 saturated carbocycles. The van der Waals surface area contributed by atoms with Crippen molar-refractivity contribution in [1.29, 1.82) is 0 Å². The van der Waals surface area contributed by atoms with Crippen molar-refractivity contribution in [3.05, 3.63) is 41.2 Å². The second-order valence-electron chi connectivity index (χ2n) is 4.84. The van der Waals surface area contributed by atoms with Crippen molar-refractivity contribution in [1.82, 2.24) is 0 Å². The van der Waals surface area contributed by atoms with E-state index in [9.17, 15) is 17.6 Å². The van der Waals surface area contributed by atoms with E-state index in [1.165, 1.54) is 24.3 Å². The molecule has 6 heteroatoms. The van der Waals surface area contributed by atoms with Crippen LogP contribution in [0.1, 0.15) is 24.8 Å². The number of nitrogens with zero attached hydrogens (tertiary/aromatic N) is 1. The summed E-state index contributed by atoms with van der Waals surface area (Å²) >= 11 is 0. The first-order valence-electron chi connectivity index (χ1n) is 6.88. The predicted molar refractivity (Wildman–Crippen MR) is 75.4 cm³/mol. The number of hydrogen-bond acceptors (Lipinski definition) is 2. The number of piperidine rings is 1. The van der Waals surface area contributed by atoms with Gasteiger partial charge in [0.1, 0.15) is 11.3 Å². The lowest BCUT2D eigenvalue weighted by atomic mass is 10.1. The zero-order valence-electron chi connectivity index (χ0n) is 12.1. The number of methoxy groups -OCH3 is 1. The van der Waals surface area contributed by atoms with Gasteiger partial charge in [-0.1, -0.05) is 11.8 Å². The summed E-state index contributed by atoms with van der Waals surface area (Å²) in [6.07, 6.45) is 4.74. The van der Waals surface area contributed by atoms with Crippen molar-refractivity contribution in [3.63, 3.8) is 0 Å². The van der Waals surface area contributed by atoms with Gasteiger partial charge in [0.05, 0.1) is 13.4 Å². The van der Waals surface area contributed by atoms with Gasteiger partial charge in [0.15, 0.2) is 23.3 Å². The molecule has 22 heavy (non-hydrogen) atoms. The highest BCUT2D eigenvalue weighted by Gasteiger charge is 2.28. The third kappa shape index (κ3) is 3.19. The third-order valence-corrected chi connectivity index (χ3v) is 3.40. The molecule has 1 aromatic carbocycles. The number of anilines is 1. The molecule has 0 N–H and O–H groups in total. The van der Waals surface area contributed by atoms with E-state index in [0.717, 1.165) is 19.3 Å². The van der Waals surface area contributed by atoms with Crippen LogP contribution in [0.25, 0.3) is 0 Å². The van der Waals surface area contributed by atoms with Gasteiger partial charge in [-0.3, -0.25) is 0 Å². The molecule has 1 aliphatic heterocycles. The number of halogens is 4. The Morgan fingerprint density at radius 2 is 1.55 bits per heavy atom. The number of rotatable bonds is 2. The van der Waals surface area contributed by atoms with E-state index in [0.29, 0.717) is 13.1 Å². The summed E-state index contributed by atoms with van der Waals surface area (Å²) in [6, 6.07) is 0. The van der Waals surface area contributed by atoms with E-state index in [2.05, 4.69) is 16.6 Å². The van der Waals surface area contributed by atoms with Crippen molar-refractivity contribution in [3.8, 4) is 11.8 Å². The molecule has 0 aromatic heterocycles. The molecule has 2 nitrogen and oxygen atoms in total. The highest BCUT2D eigenvalue weighted by atomic mass is 19.2. The number of benzene rings is 1. The van der Waals surface area contributed by atoms with Crippen LogP contribution in [0.15, 0.2) is 12.3 Å². The molecule has 0 unspecified atom stereocenters. The Balaban J connectivity index is 2.47. The molecular formula is C16H15F4NO. The number of allylic oxidation sites excluding steroid dienone is 1. The standard InChI is InChI=1S/C16H15F4NO/c1-22-10-6-3-7-11-12(17)14(19)16(15(20)13(11)18)21-8-4-2-5-9-21/h6,10H,2,4-5,8-9H2,1H3/b10-6-. The second kappa shape index (κ2) is 7.21. The first-order valence-corrected chi connectivity index (χ1v) is 6.88. The molecule has 0 bridgehead atoms. The van der Waals surface area contributed by atoms with E-state index in [-0.39, 0.29) is 0 Å². The molecule has 0 amide bonds. The highest BCUT2D eigenvalue weighted by molar-refractivity contribution is 5.55. The van der Waals surface area contributed by atoms with Gasteiger partial charge >= 0.3 is 0 Å². The quantitative estimate of drug-likeness (QED) is 0.357. The van der Waals surface area contributed by atoms with E-state index >= 15 is 0 Å². The van der Waals surface area contributed by atoms with E-state index in [4.69, 9.17) is 0 Å². The first-order chi connectivity index (χ1) is 10.6. The lowest BCUT2D eigenvalue weighted by Crippen LogP contribution is -2.31. The minimum Gasteiger partial charge on any atom is -0.504 e. The zero-order valence-corrected chi connectivity index (χ0v) is 12.1. The maximum Gasteiger partial charge on any atom is 0.186 e. The summed E-state index contributed by atoms with van der Waals surface area (Å²) in [6.45, 7) is 0.739. The molecule has 118 valence electrons. The molecule has 0 aliphatic carbocycles. The van der Waals surface area contributed by atoms with Crippen LogP contribution in [0.3, 0.4) is 0 Å². The highest BCUT2D eigenvalue weighted by Crippen LogP contribution is 2.32. The van der Waals surface area contributed by atoms with Crippen molar-refractivity contribution in [2.75, 3.05) is 25.1 Å². The Labute approximate surface area is 126 Å². The van der Waals surface area contributed by atoms with Crippen LogP contribution in [0, 0.1) is 35.1 Å². The van der Waals surface area contributed by atoms with Gasteiger partial charge in [-0.25, -0.2) is 17.6 Å². The van der Waals surface area contributed by atoms with Crippen LogP contribution in [-0.2, 0) is 4.74 Å². The third-order valence-electron chi connectivity index (χ3n) is 3.40. The maximum absolute atomic E-state index is 14.1. The number of ether oxygens (including phenoxy) is 1. The Hall–Kier alpha value is -2.16. The van der Waals surface area contributed by atoms with E-state index in [1.54, 1.807) is 0 Å². The van der Waals surface area contributed by atoms with Gasteiger partial charge in [0.2, 0.25) is 0 Å². The Kier molecular flexibility index (Phi) is 5.31. The summed E-state index contributed by atoms with van der Waals surface area (Å²) in [7, 11) is 1.37. The monoisotopic (exact) mass is 313 g/mol. The Morgan fingerprint density at radius 1 is 0.955 bits per heavy atom. The molecule has 1 heterocycles. The van der Waals surface area contributed by atoms with Gasteiger partial charge < -0.3 is 9.64 Å². The molecule has 0 atom stereocenters. The molecule has 0 spiro atoms. The van der Waals surface area contributed by atoms with E-state index in [1.807, 2.05) is 0 Å². The summed E-state index contributed by atoms with van der Waals surface area (Å²) in [5.74, 6) is -1.43. The Morgan fingerprint density at radius 3 is 2.09 bits per heavy atom. The lowest BCUT2D eigenvalue weighted by molar-refractivity contribution is 0.338. The normalized spacial score (nSPS) is 14.9. The van der Waals surface area contributed by atoms with Crippen LogP contribution in [-0.4, -0.2) is 20.2 Å². The maximum atomic E-state index is 14.1. The summed E-state index contributed by atoms with van der Waals surface area (Å²) < 4.78 is 60.8. The van der Waals surface area contributed by atoms with Crippen molar-refractivity contribution < 1.29 is 22.3 Å². The van der Waals surface area contributed by atoms with E-state index < -0.39 is 34.5 Å². The van der Waals surface area contributed by atoms with Crippen molar-refractivity contribution in [2.45, 2.75) is 19.3 Å². The first kappa shape index (κ1) is 16.2. The molecule has 2 rings (SSSR count). The van der Waals surface area contributed by atoms with Gasteiger partial charge in [-0.2, -0.15) is 0 Å². The van der Waals surface area contributed by atoms with Crippen molar-refractivity contribution in [2.24, 2.45) is 0 Å². The van der Waals surface area contributed by atoms with Gasteiger partial charge in [0.25, 0.3) is 0 Å². The molecule has 1 aliphatic rings. The largest absolute Gasteiger partial charge is 0.504 e. The smallest absolute Gasteiger partial charge is 0.186 e. The molecular weight excluding hydrogens is 298 g/mol. The van der Waals surface area contributed by atoms with Crippen LogP contribution >= 0.6 is 0 Å². The summed E-state index contributed by atoms with van der Waals surface area (Å²) in [4.78, 5) is 1.34. The summed E-state index contributed by atoms with van der Waals surface area (Å²) in [5, 5.41) is 0. The van der Waals surface area contributed by atoms with Crippen LogP contribution in [0.5, 0.6) is 0 Å². The SMILES string of the molecule is CO/C=C\C#Cc1c(F)c(F)c(N2CCCCC2)c(F)c1F. The average Bonchev–Trinajstić information content (AvgIpc) is 2.53. The fraction of sp³-hybridized carbons (Fsp3) is 0.375. The minimum absolute atomic E-state index is 0.369. The minimum atomic E-state index is -1.47. The van der Waals surface area contributed by atoms with Crippen molar-refractivity contribution >= 4 is 5.69 Å². The number of hydrogen-bond donors (Lipinski definition) is 0. The molecule has 0 radical (unpaired) electrons. The predicted octanol–water partition coefficient (Wildman–Crippen LogP) is 3.74. The fourth-order valence-corrected chi connectivity index (χ4v) is 2.34. The van der Waals surface area contributed by atoms with Gasteiger partial charge in [-0.15, -0.1) is 0 Å². The lowest BCUT2D eigenvalue weighted by Gasteiger charge is -2.29. The molecule has 1 aromatic rings. The second-order valence-corrected chi connectivity index (χ2v) is 4.84. The van der Waals surface area contributed by atoms with Gasteiger partial charge in [0, 0.05) is 19.2 Å². The van der Waals surface area contributed by atoms with Crippen LogP contribution in [0.4, 0.5) is 23.2 Å². The average molecular weight is 313 g/mol. The Bertz CT molecular complexity index is 611. The van der Waals surface area contributed by atoms with Gasteiger partial charge in [-0.05, 0) is 19.3 Å². The molecule has 1 fully saturated rings. The van der Waals surface area contributed by atoms with Crippen LogP contribution in [0.2, 0.25) is 0 Å². The molecule has 1 saturated heterocycles. The van der Waals surface area contributed by atoms with Crippen LogP contribution < -0.4 is 4.90 Å². The topological polar surface area (TPSA) is 12.5 Å². The fourth-order valence-electron chi connectivity index (χ4n) is 2.34.